The monoisotopic (exact) mass is 254 g/mol. The van der Waals surface area contributed by atoms with Crippen molar-refractivity contribution in [3.05, 3.63) is 59.7 Å². The molecule has 0 saturated carbocycles. The first kappa shape index (κ1) is 13.7. The molecule has 1 atom stereocenters. The molecule has 0 aliphatic rings. The first-order chi connectivity index (χ1) is 9.16. The lowest BCUT2D eigenvalue weighted by Crippen LogP contribution is -2.03. The van der Waals surface area contributed by atoms with Crippen LogP contribution in [-0.4, -0.2) is 9.97 Å². The lowest BCUT2D eigenvalue weighted by molar-refractivity contribution is 0.534. The molecule has 0 saturated heterocycles. The summed E-state index contributed by atoms with van der Waals surface area (Å²) in [6.45, 7) is 6.85. The van der Waals surface area contributed by atoms with Crippen LogP contribution in [0, 0.1) is 5.92 Å². The van der Waals surface area contributed by atoms with Crippen molar-refractivity contribution < 1.29 is 0 Å². The Labute approximate surface area is 115 Å². The van der Waals surface area contributed by atoms with Crippen LogP contribution < -0.4 is 0 Å². The number of rotatable bonds is 5. The number of hydrogen-bond acceptors (Lipinski definition) is 2. The number of aromatic nitrogens is 2. The van der Waals surface area contributed by atoms with Gasteiger partial charge in [0.1, 0.15) is 6.33 Å². The van der Waals surface area contributed by atoms with E-state index in [2.05, 4.69) is 55.0 Å². The summed E-state index contributed by atoms with van der Waals surface area (Å²) in [6, 6.07) is 8.96. The average molecular weight is 254 g/mol. The van der Waals surface area contributed by atoms with Crippen molar-refractivity contribution in [2.45, 2.75) is 39.5 Å². The topological polar surface area (TPSA) is 25.8 Å². The van der Waals surface area contributed by atoms with Gasteiger partial charge in [0, 0.05) is 12.4 Å². The minimum absolute atomic E-state index is 0.611. The maximum Gasteiger partial charge on any atom is 0.115 e. The van der Waals surface area contributed by atoms with E-state index in [0.29, 0.717) is 11.8 Å². The van der Waals surface area contributed by atoms with E-state index in [1.165, 1.54) is 16.7 Å². The Morgan fingerprint density at radius 2 is 1.63 bits per heavy atom. The highest BCUT2D eigenvalue weighted by atomic mass is 14.8. The molecule has 1 heterocycles. The summed E-state index contributed by atoms with van der Waals surface area (Å²) in [5, 5.41) is 0. The quantitative estimate of drug-likeness (QED) is 0.805. The fourth-order valence-corrected chi connectivity index (χ4v) is 2.16. The lowest BCUT2D eigenvalue weighted by atomic mass is 9.89. The highest BCUT2D eigenvalue weighted by Gasteiger charge is 2.10. The van der Waals surface area contributed by atoms with Gasteiger partial charge in [-0.1, -0.05) is 45.0 Å². The molecule has 0 bridgehead atoms. The molecule has 1 aromatic heterocycles. The summed E-state index contributed by atoms with van der Waals surface area (Å²) in [6.07, 6.45) is 7.42. The third-order valence-corrected chi connectivity index (χ3v) is 3.79. The summed E-state index contributed by atoms with van der Waals surface area (Å²) < 4.78 is 0. The van der Waals surface area contributed by atoms with Crippen LogP contribution in [-0.2, 0) is 12.8 Å². The second-order valence-corrected chi connectivity index (χ2v) is 5.52. The normalized spacial score (nSPS) is 12.6. The van der Waals surface area contributed by atoms with Crippen LogP contribution in [0.1, 0.15) is 43.4 Å². The molecule has 0 aliphatic carbocycles. The van der Waals surface area contributed by atoms with E-state index in [-0.39, 0.29) is 0 Å². The van der Waals surface area contributed by atoms with Crippen molar-refractivity contribution in [1.82, 2.24) is 9.97 Å². The molecule has 0 aliphatic heterocycles. The molecule has 2 nitrogen and oxygen atoms in total. The lowest BCUT2D eigenvalue weighted by Gasteiger charge is -2.16. The Balaban J connectivity index is 2.03. The molecule has 19 heavy (non-hydrogen) atoms. The maximum atomic E-state index is 4.05. The zero-order valence-electron chi connectivity index (χ0n) is 12.0. The van der Waals surface area contributed by atoms with E-state index in [1.807, 2.05) is 12.4 Å². The van der Waals surface area contributed by atoms with Gasteiger partial charge in [-0.05, 0) is 41.4 Å². The molecule has 2 aromatic rings. The van der Waals surface area contributed by atoms with Gasteiger partial charge in [-0.3, -0.25) is 0 Å². The summed E-state index contributed by atoms with van der Waals surface area (Å²) >= 11 is 0. The fraction of sp³-hybridized carbons (Fsp3) is 0.412. The van der Waals surface area contributed by atoms with Crippen LogP contribution in [0.4, 0.5) is 0 Å². The average Bonchev–Trinajstić information content (AvgIpc) is 2.45. The minimum atomic E-state index is 0.611. The molecular weight excluding hydrogens is 232 g/mol. The Morgan fingerprint density at radius 3 is 2.32 bits per heavy atom. The second kappa shape index (κ2) is 6.46. The van der Waals surface area contributed by atoms with Crippen molar-refractivity contribution in [1.29, 1.82) is 0 Å². The second-order valence-electron chi connectivity index (χ2n) is 5.52. The smallest absolute Gasteiger partial charge is 0.115 e. The van der Waals surface area contributed by atoms with Crippen molar-refractivity contribution in [2.75, 3.05) is 0 Å². The van der Waals surface area contributed by atoms with Gasteiger partial charge >= 0.3 is 0 Å². The highest BCUT2D eigenvalue weighted by molar-refractivity contribution is 5.27. The Morgan fingerprint density at radius 1 is 0.947 bits per heavy atom. The Hall–Kier alpha value is -1.70. The summed E-state index contributed by atoms with van der Waals surface area (Å²) in [7, 11) is 0. The predicted octanol–water partition coefficient (Wildman–Crippen LogP) is 4.02. The molecule has 0 amide bonds. The first-order valence-electron chi connectivity index (χ1n) is 6.99. The standard InChI is InChI=1S/C17H22N2/c1-13(2)14(3)17-6-4-5-15(9-17)7-8-16-10-18-12-19-11-16/h4-6,9-14H,7-8H2,1-3H3. The van der Waals surface area contributed by atoms with Crippen LogP contribution in [0.15, 0.2) is 43.0 Å². The van der Waals surface area contributed by atoms with Gasteiger partial charge in [-0.15, -0.1) is 0 Å². The van der Waals surface area contributed by atoms with Gasteiger partial charge in [0.05, 0.1) is 0 Å². The SMILES string of the molecule is CC(C)C(C)c1cccc(CCc2cncnc2)c1. The summed E-state index contributed by atoms with van der Waals surface area (Å²) in [5.41, 5.74) is 4.04. The van der Waals surface area contributed by atoms with E-state index in [4.69, 9.17) is 0 Å². The van der Waals surface area contributed by atoms with Crippen molar-refractivity contribution in [2.24, 2.45) is 5.92 Å². The molecular formula is C17H22N2. The molecule has 0 radical (unpaired) electrons. The van der Waals surface area contributed by atoms with Gasteiger partial charge < -0.3 is 0 Å². The maximum absolute atomic E-state index is 4.05. The number of benzene rings is 1. The van der Waals surface area contributed by atoms with Crippen LogP contribution in [0.5, 0.6) is 0 Å². The van der Waals surface area contributed by atoms with Crippen LogP contribution in [0.25, 0.3) is 0 Å². The number of aryl methyl sites for hydroxylation is 2. The summed E-state index contributed by atoms with van der Waals surface area (Å²) in [4.78, 5) is 8.11. The van der Waals surface area contributed by atoms with E-state index < -0.39 is 0 Å². The molecule has 2 rings (SSSR count). The molecule has 0 fully saturated rings. The molecule has 0 spiro atoms. The largest absolute Gasteiger partial charge is 0.245 e. The Bertz CT molecular complexity index is 506. The third-order valence-electron chi connectivity index (χ3n) is 3.79. The van der Waals surface area contributed by atoms with Crippen molar-refractivity contribution in [3.8, 4) is 0 Å². The highest BCUT2D eigenvalue weighted by Crippen LogP contribution is 2.24. The molecule has 1 aromatic carbocycles. The predicted molar refractivity (Wildman–Crippen MR) is 79.1 cm³/mol. The van der Waals surface area contributed by atoms with E-state index in [9.17, 15) is 0 Å². The zero-order valence-corrected chi connectivity index (χ0v) is 12.0. The van der Waals surface area contributed by atoms with Crippen molar-refractivity contribution in [3.63, 3.8) is 0 Å². The molecule has 1 unspecified atom stereocenters. The van der Waals surface area contributed by atoms with Gasteiger partial charge in [0.25, 0.3) is 0 Å². The third kappa shape index (κ3) is 3.88. The first-order valence-corrected chi connectivity index (χ1v) is 6.99. The van der Waals surface area contributed by atoms with Crippen LogP contribution >= 0.6 is 0 Å². The van der Waals surface area contributed by atoms with Gasteiger partial charge in [-0.2, -0.15) is 0 Å². The molecule has 2 heteroatoms. The zero-order chi connectivity index (χ0) is 13.7. The summed E-state index contributed by atoms with van der Waals surface area (Å²) in [5.74, 6) is 1.29. The van der Waals surface area contributed by atoms with Crippen molar-refractivity contribution >= 4 is 0 Å². The van der Waals surface area contributed by atoms with Gasteiger partial charge in [0.2, 0.25) is 0 Å². The van der Waals surface area contributed by atoms with E-state index in [0.717, 1.165) is 12.8 Å². The molecule has 0 N–H and O–H groups in total. The van der Waals surface area contributed by atoms with E-state index in [1.54, 1.807) is 6.33 Å². The van der Waals surface area contributed by atoms with Crippen LogP contribution in [0.3, 0.4) is 0 Å². The Kier molecular flexibility index (Phi) is 4.67. The van der Waals surface area contributed by atoms with E-state index >= 15 is 0 Å². The van der Waals surface area contributed by atoms with Gasteiger partial charge in [0.15, 0.2) is 0 Å². The number of nitrogens with zero attached hydrogens (tertiary/aromatic N) is 2. The number of hydrogen-bond donors (Lipinski definition) is 0. The minimum Gasteiger partial charge on any atom is -0.245 e. The van der Waals surface area contributed by atoms with Gasteiger partial charge in [-0.25, -0.2) is 9.97 Å². The fourth-order valence-electron chi connectivity index (χ4n) is 2.16. The molecule has 100 valence electrons. The van der Waals surface area contributed by atoms with Crippen LogP contribution in [0.2, 0.25) is 0 Å².